The number of nitrogens with one attached hydrogen (secondary N) is 1. The number of amides is 2. The maximum Gasteiger partial charge on any atom is 0.317 e. The fraction of sp³-hybridized carbons (Fsp3) is 0.900. The minimum Gasteiger partial charge on any atom is -0.338 e. The molecule has 0 bridgehead atoms. The zero-order chi connectivity index (χ0) is 12.9. The monoisotopic (exact) mass is 263 g/mol. The van der Waals surface area contributed by atoms with E-state index in [1.807, 2.05) is 6.92 Å². The summed E-state index contributed by atoms with van der Waals surface area (Å²) in [6, 6.07) is -0.448. The first-order chi connectivity index (χ1) is 7.94. The van der Waals surface area contributed by atoms with E-state index in [2.05, 4.69) is 5.32 Å². The molecule has 1 aliphatic heterocycles. The van der Waals surface area contributed by atoms with E-state index < -0.39 is 10.0 Å². The van der Waals surface area contributed by atoms with Crippen molar-refractivity contribution in [2.75, 3.05) is 18.8 Å². The maximum atomic E-state index is 11.8. The Hall–Kier alpha value is -0.820. The standard InChI is InChI=1S/C10H21N3O3S/c1-2-3-6-12-10(14)13-7-4-5-9(13)8-17(11,15)16/h9H,2-8H2,1H3,(H,12,14)(H2,11,15,16). The van der Waals surface area contributed by atoms with Crippen molar-refractivity contribution in [2.45, 2.75) is 38.6 Å². The Morgan fingerprint density at radius 1 is 1.53 bits per heavy atom. The quantitative estimate of drug-likeness (QED) is 0.696. The number of primary sulfonamides is 1. The summed E-state index contributed by atoms with van der Waals surface area (Å²) in [6.45, 7) is 3.29. The number of urea groups is 1. The molecule has 1 atom stereocenters. The van der Waals surface area contributed by atoms with E-state index in [0.717, 1.165) is 19.3 Å². The molecule has 6 nitrogen and oxygen atoms in total. The van der Waals surface area contributed by atoms with Crippen molar-refractivity contribution < 1.29 is 13.2 Å². The Morgan fingerprint density at radius 3 is 2.82 bits per heavy atom. The van der Waals surface area contributed by atoms with Crippen LogP contribution in [0.3, 0.4) is 0 Å². The lowest BCUT2D eigenvalue weighted by Gasteiger charge is -2.24. The number of rotatable bonds is 5. The fourth-order valence-electron chi connectivity index (χ4n) is 2.02. The number of unbranched alkanes of at least 4 members (excludes halogenated alkanes) is 1. The SMILES string of the molecule is CCCCNC(=O)N1CCCC1CS(N)(=O)=O. The highest BCUT2D eigenvalue weighted by Gasteiger charge is 2.31. The van der Waals surface area contributed by atoms with Crippen molar-refractivity contribution >= 4 is 16.1 Å². The first-order valence-electron chi connectivity index (χ1n) is 5.99. The molecule has 1 fully saturated rings. The van der Waals surface area contributed by atoms with Gasteiger partial charge in [-0.05, 0) is 19.3 Å². The lowest BCUT2D eigenvalue weighted by molar-refractivity contribution is 0.196. The number of nitrogens with two attached hydrogens (primary N) is 1. The predicted octanol–water partition coefficient (Wildman–Crippen LogP) is 0.249. The van der Waals surface area contributed by atoms with E-state index in [0.29, 0.717) is 19.5 Å². The van der Waals surface area contributed by atoms with Crippen molar-refractivity contribution in [3.63, 3.8) is 0 Å². The van der Waals surface area contributed by atoms with Crippen molar-refractivity contribution in [3.05, 3.63) is 0 Å². The molecule has 7 heteroatoms. The molecule has 100 valence electrons. The highest BCUT2D eigenvalue weighted by molar-refractivity contribution is 7.89. The number of hydrogen-bond donors (Lipinski definition) is 2. The molecule has 2 amide bonds. The van der Waals surface area contributed by atoms with Crippen LogP contribution in [0.25, 0.3) is 0 Å². The van der Waals surface area contributed by atoms with Crippen molar-refractivity contribution in [2.24, 2.45) is 5.14 Å². The van der Waals surface area contributed by atoms with Crippen molar-refractivity contribution in [3.8, 4) is 0 Å². The number of carbonyl (C=O) groups is 1. The number of nitrogens with zero attached hydrogens (tertiary/aromatic N) is 1. The van der Waals surface area contributed by atoms with Crippen LogP contribution in [0.15, 0.2) is 0 Å². The normalized spacial score (nSPS) is 20.6. The third-order valence-electron chi connectivity index (χ3n) is 2.87. The third-order valence-corrected chi connectivity index (χ3v) is 3.72. The van der Waals surface area contributed by atoms with Gasteiger partial charge in [-0.2, -0.15) is 0 Å². The average Bonchev–Trinajstić information content (AvgIpc) is 2.63. The molecular weight excluding hydrogens is 242 g/mol. The molecule has 1 aliphatic rings. The Morgan fingerprint density at radius 2 is 2.24 bits per heavy atom. The molecule has 1 rings (SSSR count). The molecule has 0 radical (unpaired) electrons. The molecule has 0 aliphatic carbocycles. The molecule has 1 heterocycles. The first kappa shape index (κ1) is 14.2. The summed E-state index contributed by atoms with van der Waals surface area (Å²) < 4.78 is 22.1. The fourth-order valence-corrected chi connectivity index (χ4v) is 2.90. The van der Waals surface area contributed by atoms with Gasteiger partial charge < -0.3 is 10.2 Å². The van der Waals surface area contributed by atoms with E-state index in [9.17, 15) is 13.2 Å². The first-order valence-corrected chi connectivity index (χ1v) is 7.70. The molecule has 1 unspecified atom stereocenters. The van der Waals surface area contributed by atoms with E-state index in [4.69, 9.17) is 5.14 Å². The molecule has 1 saturated heterocycles. The minimum absolute atomic E-state index is 0.145. The minimum atomic E-state index is -3.52. The Labute approximate surface area is 103 Å². The van der Waals surface area contributed by atoms with Crippen LogP contribution in [-0.4, -0.2) is 44.2 Å². The molecule has 17 heavy (non-hydrogen) atoms. The Bertz CT molecular complexity index is 356. The van der Waals surface area contributed by atoms with E-state index in [1.54, 1.807) is 4.90 Å². The maximum absolute atomic E-state index is 11.8. The van der Waals surface area contributed by atoms with Crippen molar-refractivity contribution in [1.82, 2.24) is 10.2 Å². The zero-order valence-electron chi connectivity index (χ0n) is 10.2. The zero-order valence-corrected chi connectivity index (χ0v) is 11.0. The van der Waals surface area contributed by atoms with Crippen LogP contribution in [-0.2, 0) is 10.0 Å². The second-order valence-electron chi connectivity index (χ2n) is 4.40. The Kier molecular flexibility index (Phi) is 5.20. The van der Waals surface area contributed by atoms with Crippen LogP contribution < -0.4 is 10.5 Å². The summed E-state index contributed by atoms with van der Waals surface area (Å²) in [5, 5.41) is 7.81. The van der Waals surface area contributed by atoms with Crippen LogP contribution in [0.4, 0.5) is 4.79 Å². The van der Waals surface area contributed by atoms with Gasteiger partial charge in [-0.1, -0.05) is 13.3 Å². The number of hydrogen-bond acceptors (Lipinski definition) is 3. The van der Waals surface area contributed by atoms with Gasteiger partial charge in [0, 0.05) is 19.1 Å². The molecule has 0 spiro atoms. The lowest BCUT2D eigenvalue weighted by atomic mass is 10.2. The summed E-state index contributed by atoms with van der Waals surface area (Å²) in [7, 11) is -3.52. The molecule has 0 saturated carbocycles. The summed E-state index contributed by atoms with van der Waals surface area (Å²) in [4.78, 5) is 13.4. The third kappa shape index (κ3) is 4.91. The van der Waals surface area contributed by atoms with E-state index in [-0.39, 0.29) is 17.8 Å². The van der Waals surface area contributed by atoms with Crippen LogP contribution in [0.5, 0.6) is 0 Å². The van der Waals surface area contributed by atoms with Crippen LogP contribution in [0.2, 0.25) is 0 Å². The van der Waals surface area contributed by atoms with Gasteiger partial charge in [0.25, 0.3) is 0 Å². The molecule has 3 N–H and O–H groups in total. The second-order valence-corrected chi connectivity index (χ2v) is 6.06. The van der Waals surface area contributed by atoms with Crippen LogP contribution in [0.1, 0.15) is 32.6 Å². The van der Waals surface area contributed by atoms with Gasteiger partial charge >= 0.3 is 6.03 Å². The average molecular weight is 263 g/mol. The molecule has 0 aromatic rings. The summed E-state index contributed by atoms with van der Waals surface area (Å²) >= 11 is 0. The predicted molar refractivity (Wildman–Crippen MR) is 66.0 cm³/mol. The van der Waals surface area contributed by atoms with E-state index >= 15 is 0 Å². The number of likely N-dealkylation sites (tertiary alicyclic amines) is 1. The molecule has 0 aromatic heterocycles. The van der Waals surface area contributed by atoms with Crippen LogP contribution in [0, 0.1) is 0 Å². The summed E-state index contributed by atoms with van der Waals surface area (Å²) in [5.41, 5.74) is 0. The lowest BCUT2D eigenvalue weighted by Crippen LogP contribution is -2.46. The smallest absolute Gasteiger partial charge is 0.317 e. The van der Waals surface area contributed by atoms with Crippen LogP contribution >= 0.6 is 0 Å². The van der Waals surface area contributed by atoms with Crippen molar-refractivity contribution in [1.29, 1.82) is 0 Å². The molecular formula is C10H21N3O3S. The van der Waals surface area contributed by atoms with Gasteiger partial charge in [-0.15, -0.1) is 0 Å². The highest BCUT2D eigenvalue weighted by atomic mass is 32.2. The van der Waals surface area contributed by atoms with Gasteiger partial charge in [-0.3, -0.25) is 0 Å². The number of carbonyl (C=O) groups excluding carboxylic acids is 1. The van der Waals surface area contributed by atoms with Gasteiger partial charge in [0.1, 0.15) is 0 Å². The van der Waals surface area contributed by atoms with Gasteiger partial charge in [0.05, 0.1) is 5.75 Å². The van der Waals surface area contributed by atoms with Gasteiger partial charge in [0.15, 0.2) is 0 Å². The van der Waals surface area contributed by atoms with Gasteiger partial charge in [-0.25, -0.2) is 18.4 Å². The largest absolute Gasteiger partial charge is 0.338 e. The summed E-state index contributed by atoms with van der Waals surface area (Å²) in [6.07, 6.45) is 3.49. The Balaban J connectivity index is 2.48. The van der Waals surface area contributed by atoms with Gasteiger partial charge in [0.2, 0.25) is 10.0 Å². The number of sulfonamides is 1. The highest BCUT2D eigenvalue weighted by Crippen LogP contribution is 2.18. The summed E-state index contributed by atoms with van der Waals surface area (Å²) in [5.74, 6) is -0.145. The van der Waals surface area contributed by atoms with E-state index in [1.165, 1.54) is 0 Å². The second kappa shape index (κ2) is 6.20. The molecule has 0 aromatic carbocycles. The topological polar surface area (TPSA) is 92.5 Å².